The smallest absolute Gasteiger partial charge is 0.223 e. The molecular formula is C67H86N6O3. The van der Waals surface area contributed by atoms with Crippen LogP contribution < -0.4 is 14.8 Å². The zero-order valence-electron chi connectivity index (χ0n) is 47.2. The van der Waals surface area contributed by atoms with Crippen molar-refractivity contribution in [2.24, 2.45) is 17.8 Å². The van der Waals surface area contributed by atoms with Crippen LogP contribution in [0.4, 0.5) is 0 Å². The van der Waals surface area contributed by atoms with Crippen LogP contribution in [0, 0.1) is 38.5 Å². The van der Waals surface area contributed by atoms with E-state index in [4.69, 9.17) is 9.47 Å². The molecule has 5 aromatic rings. The zero-order valence-corrected chi connectivity index (χ0v) is 47.2. The second-order valence-corrected chi connectivity index (χ2v) is 25.4. The van der Waals surface area contributed by atoms with E-state index in [1.807, 2.05) is 12.1 Å². The second kappa shape index (κ2) is 20.6. The van der Waals surface area contributed by atoms with Crippen LogP contribution in [0.25, 0.3) is 0 Å². The van der Waals surface area contributed by atoms with E-state index >= 15 is 0 Å². The van der Waals surface area contributed by atoms with Crippen molar-refractivity contribution in [3.8, 4) is 11.5 Å². The van der Waals surface area contributed by atoms with Gasteiger partial charge in [0.2, 0.25) is 5.91 Å². The molecule has 1 amide bonds. The standard InChI is InChI=1S/C25H30N2O2.C25H32N2O.C17H24N2/c1-17-4-7-19-13-23-22-16-27(15-18-5-8-20(29-3)9-6-18)24(28)14-25(22,21(19)12-17)10-11-26(23)2;1-18-4-7-20-15-24-23-17-27(16-19-5-8-21(28-3)9-6-19)13-11-25(23,22(20)14-18)10-12-26(24)2;1-12-3-4-13-10-16-15-11-18-7-5-17(15,14(13)9-12)6-8-19(16)2/h4-9,12,22-23H,10-11,13-16H2,1-3H3;4-9,14,23-24H,10-13,15-17H2,1-3H3;3-4,9,15-16,18H,5-8,10-11H2,1-2H3/t22-,23+,25+;23-,24+,25+;15-,16+,17-/m000/s1. The summed E-state index contributed by atoms with van der Waals surface area (Å²) >= 11 is 0. The van der Waals surface area contributed by atoms with E-state index in [-0.39, 0.29) is 5.41 Å². The third-order valence-corrected chi connectivity index (χ3v) is 21.4. The van der Waals surface area contributed by atoms with Crippen LogP contribution in [0.1, 0.15) is 99.7 Å². The SMILES string of the molecule is COc1ccc(CN2CC[C@]34CCN(C)[C@H](Cc5ccc(C)cc53)[C@@H]4C2)cc1.COc1ccc(CN2C[C@H]3[C@H]4Cc5ccc(C)cc5[C@@]3(CCN4C)CC2=O)cc1.Cc1ccc2c(c1)[C@@]13CCNC[C@H]1[C@@H](C2)N(C)CC3. The lowest BCUT2D eigenvalue weighted by Gasteiger charge is -2.60. The maximum atomic E-state index is 13.3. The van der Waals surface area contributed by atoms with Gasteiger partial charge in [0.15, 0.2) is 0 Å². The fraction of sp³-hybridized carbons (Fsp3) is 0.537. The van der Waals surface area contributed by atoms with E-state index in [0.717, 1.165) is 61.9 Å². The topological polar surface area (TPSA) is 63.8 Å². The molecule has 402 valence electrons. The Morgan fingerprint density at radius 2 is 0.947 bits per heavy atom. The van der Waals surface area contributed by atoms with Crippen molar-refractivity contribution in [1.29, 1.82) is 0 Å². The first-order valence-corrected chi connectivity index (χ1v) is 29.2. The molecule has 0 saturated carbocycles. The van der Waals surface area contributed by atoms with Gasteiger partial charge < -0.3 is 34.4 Å². The van der Waals surface area contributed by atoms with Crippen molar-refractivity contribution in [3.63, 3.8) is 0 Å². The number of amides is 1. The first kappa shape index (κ1) is 51.7. The van der Waals surface area contributed by atoms with Crippen LogP contribution in [0.15, 0.2) is 103 Å². The van der Waals surface area contributed by atoms with Crippen molar-refractivity contribution >= 4 is 5.91 Å². The van der Waals surface area contributed by atoms with E-state index in [9.17, 15) is 4.79 Å². The monoisotopic (exact) mass is 1020 g/mol. The Labute approximate surface area is 455 Å². The van der Waals surface area contributed by atoms with E-state index < -0.39 is 0 Å². The van der Waals surface area contributed by atoms with E-state index in [1.165, 1.54) is 117 Å². The summed E-state index contributed by atoms with van der Waals surface area (Å²) in [7, 11) is 10.3. The molecule has 6 aliphatic heterocycles. The molecule has 1 N–H and O–H groups in total. The molecule has 14 rings (SSSR count). The number of hydrogen-bond acceptors (Lipinski definition) is 8. The molecule has 9 atom stereocenters. The van der Waals surface area contributed by atoms with Gasteiger partial charge >= 0.3 is 0 Å². The highest BCUT2D eigenvalue weighted by atomic mass is 16.5. The normalized spacial score (nSPS) is 31.3. The molecule has 5 aromatic carbocycles. The number of likely N-dealkylation sites (tertiary alicyclic amines) is 5. The molecule has 9 aliphatic rings. The molecule has 0 spiro atoms. The van der Waals surface area contributed by atoms with Gasteiger partial charge in [0.25, 0.3) is 0 Å². The number of nitrogens with one attached hydrogen (secondary N) is 1. The molecule has 0 radical (unpaired) electrons. The molecular weight excluding hydrogens is 937 g/mol. The molecule has 6 saturated heterocycles. The average Bonchev–Trinajstić information content (AvgIpc) is 3.63. The quantitative estimate of drug-likeness (QED) is 0.181. The maximum Gasteiger partial charge on any atom is 0.223 e. The largest absolute Gasteiger partial charge is 0.497 e. The lowest BCUT2D eigenvalue weighted by Crippen LogP contribution is -2.65. The fourth-order valence-corrected chi connectivity index (χ4v) is 17.2. The number of piperidine rings is 6. The fourth-order valence-electron chi connectivity index (χ4n) is 17.2. The molecule has 6 bridgehead atoms. The molecule has 76 heavy (non-hydrogen) atoms. The molecule has 6 fully saturated rings. The van der Waals surface area contributed by atoms with Crippen molar-refractivity contribution in [2.75, 3.05) is 87.7 Å². The van der Waals surface area contributed by atoms with Crippen LogP contribution in [0.5, 0.6) is 11.5 Å². The lowest BCUT2D eigenvalue weighted by atomic mass is 9.54. The number of benzene rings is 5. The Bertz CT molecular complexity index is 2920. The van der Waals surface area contributed by atoms with Crippen LogP contribution in [-0.2, 0) is 53.4 Å². The van der Waals surface area contributed by atoms with Crippen LogP contribution in [0.3, 0.4) is 0 Å². The number of fused-ring (bicyclic) bond motifs is 3. The maximum absolute atomic E-state index is 13.3. The van der Waals surface area contributed by atoms with Gasteiger partial charge in [-0.2, -0.15) is 0 Å². The number of methoxy groups -OCH3 is 2. The average molecular weight is 1020 g/mol. The van der Waals surface area contributed by atoms with Crippen LogP contribution in [0.2, 0.25) is 0 Å². The highest BCUT2D eigenvalue weighted by molar-refractivity contribution is 5.80. The summed E-state index contributed by atoms with van der Waals surface area (Å²) in [6.45, 7) is 17.7. The Morgan fingerprint density at radius 3 is 1.46 bits per heavy atom. The first-order valence-electron chi connectivity index (χ1n) is 29.2. The predicted molar refractivity (Wildman–Crippen MR) is 307 cm³/mol. The summed E-state index contributed by atoms with van der Waals surface area (Å²) in [5.74, 6) is 4.16. The zero-order chi connectivity index (χ0) is 52.5. The number of nitrogens with zero attached hydrogens (tertiary/aromatic N) is 5. The third kappa shape index (κ3) is 9.11. The Morgan fingerprint density at radius 1 is 0.513 bits per heavy atom. The summed E-state index contributed by atoms with van der Waals surface area (Å²) in [5, 5.41) is 3.65. The van der Waals surface area contributed by atoms with Crippen molar-refractivity contribution in [2.45, 2.75) is 126 Å². The number of hydrogen-bond donors (Lipinski definition) is 1. The second-order valence-electron chi connectivity index (χ2n) is 25.4. The molecule has 9 nitrogen and oxygen atoms in total. The summed E-state index contributed by atoms with van der Waals surface area (Å²) in [6.07, 6.45) is 10.6. The highest BCUT2D eigenvalue weighted by Crippen LogP contribution is 2.56. The minimum Gasteiger partial charge on any atom is -0.497 e. The number of carbonyl (C=O) groups is 1. The minimum atomic E-state index is 0.0181. The van der Waals surface area contributed by atoms with Crippen molar-refractivity contribution < 1.29 is 14.3 Å². The van der Waals surface area contributed by atoms with Gasteiger partial charge in [-0.1, -0.05) is 95.6 Å². The summed E-state index contributed by atoms with van der Waals surface area (Å²) in [5.41, 5.74) is 17.2. The number of aryl methyl sites for hydroxylation is 3. The first-order chi connectivity index (χ1) is 36.8. The van der Waals surface area contributed by atoms with Crippen molar-refractivity contribution in [3.05, 3.63) is 164 Å². The van der Waals surface area contributed by atoms with Gasteiger partial charge in [0.05, 0.1) is 14.2 Å². The van der Waals surface area contributed by atoms with Gasteiger partial charge in [0, 0.05) is 79.4 Å². The van der Waals surface area contributed by atoms with E-state index in [2.05, 4.69) is 163 Å². The van der Waals surface area contributed by atoms with Gasteiger partial charge in [-0.25, -0.2) is 0 Å². The van der Waals surface area contributed by atoms with E-state index in [1.54, 1.807) is 36.5 Å². The Balaban J connectivity index is 0.000000117. The van der Waals surface area contributed by atoms with Crippen LogP contribution in [-0.4, -0.2) is 136 Å². The number of likely N-dealkylation sites (N-methyl/N-ethyl adjacent to an activating group) is 3. The molecule has 9 heteroatoms. The number of ether oxygens (including phenoxy) is 2. The third-order valence-electron chi connectivity index (χ3n) is 21.4. The molecule has 3 aliphatic carbocycles. The Kier molecular flexibility index (Phi) is 14.0. The van der Waals surface area contributed by atoms with E-state index in [0.29, 0.717) is 47.7 Å². The highest BCUT2D eigenvalue weighted by Gasteiger charge is 2.58. The Hall–Kier alpha value is -5.03. The number of rotatable bonds is 6. The minimum absolute atomic E-state index is 0.0181. The van der Waals surface area contributed by atoms with Gasteiger partial charge in [0.1, 0.15) is 11.5 Å². The van der Waals surface area contributed by atoms with Gasteiger partial charge in [-0.3, -0.25) is 9.69 Å². The van der Waals surface area contributed by atoms with Crippen molar-refractivity contribution in [1.82, 2.24) is 29.8 Å². The van der Waals surface area contributed by atoms with Crippen LogP contribution >= 0.6 is 0 Å². The molecule has 0 aromatic heterocycles. The van der Waals surface area contributed by atoms with Gasteiger partial charge in [-0.05, 0) is 207 Å². The summed E-state index contributed by atoms with van der Waals surface area (Å²) < 4.78 is 10.6. The summed E-state index contributed by atoms with van der Waals surface area (Å²) in [6, 6.07) is 40.0. The lowest BCUT2D eigenvalue weighted by molar-refractivity contribution is -0.144. The van der Waals surface area contributed by atoms with Gasteiger partial charge in [-0.15, -0.1) is 0 Å². The molecule has 6 heterocycles. The molecule has 0 unspecified atom stereocenters. The number of carbonyl (C=O) groups excluding carboxylic acids is 1. The predicted octanol–water partition coefficient (Wildman–Crippen LogP) is 9.68. The summed E-state index contributed by atoms with van der Waals surface area (Å²) in [4.78, 5) is 25.9.